The largest absolute Gasteiger partial charge is 0.493 e. The van der Waals surface area contributed by atoms with Crippen LogP contribution in [-0.4, -0.2) is 45.1 Å². The summed E-state index contributed by atoms with van der Waals surface area (Å²) in [6.45, 7) is 0.870. The molecule has 0 spiro atoms. The normalized spacial score (nSPS) is 11.7. The standard InChI is InChI=1S/C24H28ClF2N5O4S/c1-37(35,32-24(33)34)14-15-9-21(25)31-23(10-15)29-7-3-2-4-8-36-20-11-16(26)5-6-17(20)18-12-22(28)30-13-19(18)27/h5-6,9-13,37H,2-4,7-8,14H2,1H3,(H2,28,30)(H,29,31)(H,32,35)(H,33,34). The lowest BCUT2D eigenvalue weighted by molar-refractivity contribution is 0.206. The van der Waals surface area contributed by atoms with Gasteiger partial charge in [-0.1, -0.05) is 21.7 Å². The van der Waals surface area contributed by atoms with Crippen LogP contribution < -0.4 is 15.8 Å². The van der Waals surface area contributed by atoms with E-state index < -0.39 is 27.8 Å². The zero-order chi connectivity index (χ0) is 27.0. The van der Waals surface area contributed by atoms with Crippen molar-refractivity contribution in [1.29, 1.82) is 0 Å². The Kier molecular flexibility index (Phi) is 9.73. The molecule has 0 saturated carbocycles. The molecule has 1 aromatic carbocycles. The van der Waals surface area contributed by atoms with Crippen molar-refractivity contribution < 1.29 is 28.0 Å². The van der Waals surface area contributed by atoms with Crippen molar-refractivity contribution in [2.24, 2.45) is 4.36 Å². The number of ether oxygens (including phenoxy) is 1. The number of aromatic nitrogens is 2. The van der Waals surface area contributed by atoms with Crippen molar-refractivity contribution in [3.05, 3.63) is 64.9 Å². The second-order valence-corrected chi connectivity index (χ2v) is 11.5. The number of unbranched alkanes of at least 4 members (excludes halogenated alkanes) is 2. The van der Waals surface area contributed by atoms with Gasteiger partial charge in [-0.15, -0.1) is 0 Å². The molecule has 37 heavy (non-hydrogen) atoms. The Morgan fingerprint density at radius 3 is 2.73 bits per heavy atom. The van der Waals surface area contributed by atoms with Crippen molar-refractivity contribution in [3.8, 4) is 16.9 Å². The van der Waals surface area contributed by atoms with Gasteiger partial charge in [0.2, 0.25) is 0 Å². The highest BCUT2D eigenvalue weighted by Crippen LogP contribution is 2.33. The molecule has 0 bridgehead atoms. The van der Waals surface area contributed by atoms with E-state index in [2.05, 4.69) is 19.6 Å². The summed E-state index contributed by atoms with van der Waals surface area (Å²) in [5, 5.41) is 12.2. The third-order valence-electron chi connectivity index (χ3n) is 5.13. The van der Waals surface area contributed by atoms with E-state index in [4.69, 9.17) is 27.2 Å². The summed E-state index contributed by atoms with van der Waals surface area (Å²) in [4.78, 5) is 18.7. The first-order valence-electron chi connectivity index (χ1n) is 11.3. The molecule has 3 aromatic rings. The fourth-order valence-corrected chi connectivity index (χ4v) is 5.14. The van der Waals surface area contributed by atoms with E-state index in [1.54, 1.807) is 12.1 Å². The molecule has 0 aliphatic carbocycles. The van der Waals surface area contributed by atoms with Gasteiger partial charge in [-0.3, -0.25) is 0 Å². The third kappa shape index (κ3) is 8.92. The lowest BCUT2D eigenvalue weighted by Crippen LogP contribution is -2.13. The molecule has 3 rings (SSSR count). The van der Waals surface area contributed by atoms with Gasteiger partial charge in [0, 0.05) is 29.5 Å². The number of carbonyl (C=O) groups is 1. The van der Waals surface area contributed by atoms with Crippen LogP contribution in [0.4, 0.5) is 25.2 Å². The molecule has 2 heterocycles. The van der Waals surface area contributed by atoms with Gasteiger partial charge in [-0.05, 0) is 61.4 Å². The Morgan fingerprint density at radius 1 is 1.19 bits per heavy atom. The van der Waals surface area contributed by atoms with Crippen LogP contribution in [0, 0.1) is 11.6 Å². The summed E-state index contributed by atoms with van der Waals surface area (Å²) in [6.07, 6.45) is 3.20. The number of benzene rings is 1. The minimum atomic E-state index is -3.02. The average molecular weight is 556 g/mol. The zero-order valence-corrected chi connectivity index (χ0v) is 21.6. The lowest BCUT2D eigenvalue weighted by Gasteiger charge is -2.17. The van der Waals surface area contributed by atoms with Gasteiger partial charge in [0.05, 0.1) is 12.8 Å². The molecule has 0 saturated heterocycles. The maximum atomic E-state index is 14.3. The Hall–Kier alpha value is -3.35. The number of carboxylic acid groups (broad SMARTS) is 1. The number of nitrogens with one attached hydrogen (secondary N) is 1. The van der Waals surface area contributed by atoms with Crippen LogP contribution in [0.15, 0.2) is 47.0 Å². The van der Waals surface area contributed by atoms with Crippen LogP contribution in [-0.2, 0) is 15.9 Å². The monoisotopic (exact) mass is 555 g/mol. The average Bonchev–Trinajstić information content (AvgIpc) is 2.78. The van der Waals surface area contributed by atoms with Crippen LogP contribution in [0.25, 0.3) is 11.1 Å². The first-order valence-corrected chi connectivity index (χ1v) is 14.0. The molecule has 0 aliphatic rings. The number of hydrogen-bond donors (Lipinski definition) is 5. The number of amides is 1. The van der Waals surface area contributed by atoms with Crippen LogP contribution in [0.2, 0.25) is 5.15 Å². The molecule has 0 aliphatic heterocycles. The molecule has 9 nitrogen and oxygen atoms in total. The summed E-state index contributed by atoms with van der Waals surface area (Å²) >= 11 is 6.07. The summed E-state index contributed by atoms with van der Waals surface area (Å²) in [6, 6.07) is 8.50. The number of rotatable bonds is 11. The van der Waals surface area contributed by atoms with Gasteiger partial charge in [0.15, 0.2) is 0 Å². The Bertz CT molecular complexity index is 1320. The highest BCUT2D eigenvalue weighted by atomic mass is 35.5. The second kappa shape index (κ2) is 12.7. The maximum Gasteiger partial charge on any atom is 0.437 e. The Morgan fingerprint density at radius 2 is 1.97 bits per heavy atom. The predicted octanol–water partition coefficient (Wildman–Crippen LogP) is 5.67. The molecule has 0 atom stereocenters. The first kappa shape index (κ1) is 28.2. The maximum absolute atomic E-state index is 14.3. The van der Waals surface area contributed by atoms with E-state index in [1.165, 1.54) is 30.5 Å². The number of thiol groups is 1. The topological polar surface area (TPSA) is 143 Å². The van der Waals surface area contributed by atoms with E-state index in [1.807, 2.05) is 0 Å². The summed E-state index contributed by atoms with van der Waals surface area (Å²) in [5.74, 6) is -0.173. The molecule has 0 fully saturated rings. The van der Waals surface area contributed by atoms with Gasteiger partial charge in [-0.25, -0.2) is 23.5 Å². The first-order chi connectivity index (χ1) is 17.5. The third-order valence-corrected chi connectivity index (χ3v) is 6.89. The van der Waals surface area contributed by atoms with E-state index in [9.17, 15) is 18.1 Å². The molecule has 13 heteroatoms. The van der Waals surface area contributed by atoms with Gasteiger partial charge < -0.3 is 25.4 Å². The Balaban J connectivity index is 1.50. The molecule has 2 aromatic heterocycles. The fourth-order valence-electron chi connectivity index (χ4n) is 3.60. The summed E-state index contributed by atoms with van der Waals surface area (Å²) < 4.78 is 47.4. The van der Waals surface area contributed by atoms with Crippen molar-refractivity contribution in [1.82, 2.24) is 9.97 Å². The smallest absolute Gasteiger partial charge is 0.437 e. The van der Waals surface area contributed by atoms with Gasteiger partial charge >= 0.3 is 6.09 Å². The highest BCUT2D eigenvalue weighted by molar-refractivity contribution is 7.98. The van der Waals surface area contributed by atoms with E-state index >= 15 is 0 Å². The zero-order valence-electron chi connectivity index (χ0n) is 20.0. The summed E-state index contributed by atoms with van der Waals surface area (Å²) in [5.41, 5.74) is 6.86. The fraction of sp³-hybridized carbons (Fsp3) is 0.292. The number of nitrogen functional groups attached to an aromatic ring is 1. The van der Waals surface area contributed by atoms with Gasteiger partial charge in [0.25, 0.3) is 0 Å². The van der Waals surface area contributed by atoms with Crippen LogP contribution >= 0.6 is 11.6 Å². The quantitative estimate of drug-likeness (QED) is 0.116. The van der Waals surface area contributed by atoms with E-state index in [0.29, 0.717) is 36.5 Å². The van der Waals surface area contributed by atoms with Crippen molar-refractivity contribution in [2.75, 3.05) is 30.5 Å². The SMILES string of the molecule is C[SH](O)(Cc1cc(Cl)nc(NCCCCCOc2cc(F)ccc2-c2cc(N)ncc2F)c1)=NC(=O)O. The molecular weight excluding hydrogens is 528 g/mol. The number of halogens is 3. The predicted molar refractivity (Wildman–Crippen MR) is 143 cm³/mol. The van der Waals surface area contributed by atoms with Crippen molar-refractivity contribution in [3.63, 3.8) is 0 Å². The molecular formula is C24H28ClF2N5O4S. The molecule has 0 unspecified atom stereocenters. The minimum absolute atomic E-state index is 0.0611. The summed E-state index contributed by atoms with van der Waals surface area (Å²) in [7, 11) is -3.02. The van der Waals surface area contributed by atoms with E-state index in [0.717, 1.165) is 19.0 Å². The van der Waals surface area contributed by atoms with E-state index in [-0.39, 0.29) is 28.0 Å². The van der Waals surface area contributed by atoms with Crippen molar-refractivity contribution >= 4 is 39.4 Å². The highest BCUT2D eigenvalue weighted by Gasteiger charge is 2.14. The second-order valence-electron chi connectivity index (χ2n) is 8.38. The minimum Gasteiger partial charge on any atom is -0.493 e. The van der Waals surface area contributed by atoms with Crippen molar-refractivity contribution in [2.45, 2.75) is 25.0 Å². The lowest BCUT2D eigenvalue weighted by atomic mass is 10.0. The molecule has 200 valence electrons. The molecule has 5 N–H and O–H groups in total. The van der Waals surface area contributed by atoms with Crippen LogP contribution in [0.3, 0.4) is 0 Å². The van der Waals surface area contributed by atoms with Gasteiger partial charge in [-0.2, -0.15) is 4.36 Å². The molecule has 0 radical (unpaired) electrons. The van der Waals surface area contributed by atoms with Crippen LogP contribution in [0.5, 0.6) is 5.75 Å². The number of hydrogen-bond acceptors (Lipinski definition) is 6. The number of nitrogens with zero attached hydrogens (tertiary/aromatic N) is 3. The number of pyridine rings is 2. The van der Waals surface area contributed by atoms with Crippen LogP contribution in [0.1, 0.15) is 24.8 Å². The molecule has 1 amide bonds. The number of nitrogens with two attached hydrogens (primary N) is 1. The number of anilines is 2. The van der Waals surface area contributed by atoms with Gasteiger partial charge in [0.1, 0.15) is 34.2 Å². The Labute approximate surface area is 218 Å².